The van der Waals surface area contributed by atoms with Crippen molar-refractivity contribution in [1.82, 2.24) is 0 Å². The third-order valence-corrected chi connectivity index (χ3v) is 4.42. The van der Waals surface area contributed by atoms with Crippen LogP contribution in [0.3, 0.4) is 0 Å². The zero-order valence-electron chi connectivity index (χ0n) is 15.6. The van der Waals surface area contributed by atoms with Gasteiger partial charge in [-0.15, -0.1) is 6.67 Å². The van der Waals surface area contributed by atoms with Crippen LogP contribution in [0.2, 0.25) is 0 Å². The fourth-order valence-electron chi connectivity index (χ4n) is 3.78. The molecule has 0 spiro atoms. The Morgan fingerprint density at radius 2 is 0.920 bits per heavy atom. The first kappa shape index (κ1) is 20.1. The summed E-state index contributed by atoms with van der Waals surface area (Å²) in [5.41, 5.74) is 10.4. The number of nitrogens with zero attached hydrogens (tertiary/aromatic N) is 2. The number of hydrogen-bond donors (Lipinski definition) is 0. The van der Waals surface area contributed by atoms with Gasteiger partial charge in [-0.25, -0.2) is 0 Å². The van der Waals surface area contributed by atoms with Crippen molar-refractivity contribution >= 4 is 25.5 Å². The standard InChI is InChI=1S/C21H25N2.BrH.Cu/c1-14-9-16(3)20(17(4)10-14)22-7-8-23(13-22)21-18(5)11-15(2)12-19(21)6;;/h7-13H,1-6H3;1H;/q-1;;+2/p-1. The Morgan fingerprint density at radius 3 is 1.20 bits per heavy atom. The monoisotopic (exact) mass is 447 g/mol. The maximum atomic E-state index is 4.00. The fourth-order valence-corrected chi connectivity index (χ4v) is 3.78. The van der Waals surface area contributed by atoms with E-state index in [0.717, 1.165) is 0 Å². The molecule has 0 fully saturated rings. The summed E-state index contributed by atoms with van der Waals surface area (Å²) in [6.07, 6.45) is 4.28. The summed E-state index contributed by atoms with van der Waals surface area (Å²) in [5.74, 6) is 0. The molecule has 2 aromatic rings. The molecule has 0 saturated carbocycles. The van der Waals surface area contributed by atoms with Gasteiger partial charge in [-0.2, -0.15) is 0 Å². The second-order valence-corrected chi connectivity index (χ2v) is 6.72. The van der Waals surface area contributed by atoms with E-state index < -0.39 is 0 Å². The van der Waals surface area contributed by atoms with E-state index in [-0.39, 0.29) is 0 Å². The topological polar surface area (TPSA) is 6.48 Å². The van der Waals surface area contributed by atoms with Crippen LogP contribution in [0.1, 0.15) is 33.4 Å². The van der Waals surface area contributed by atoms with Gasteiger partial charge < -0.3 is 9.80 Å². The molecule has 2 nitrogen and oxygen atoms in total. The molecule has 1 aliphatic rings. The Morgan fingerprint density at radius 1 is 0.640 bits per heavy atom. The Bertz CT molecular complexity index is 687. The molecule has 0 aromatic heterocycles. The summed E-state index contributed by atoms with van der Waals surface area (Å²) in [4.78, 5) is 4.45. The van der Waals surface area contributed by atoms with E-state index >= 15 is 0 Å². The third-order valence-electron chi connectivity index (χ3n) is 4.42. The molecular formula is C21H25BrCuN2. The van der Waals surface area contributed by atoms with Crippen molar-refractivity contribution in [3.63, 3.8) is 0 Å². The van der Waals surface area contributed by atoms with Gasteiger partial charge in [-0.05, 0) is 76.2 Å². The Kier molecular flexibility index (Phi) is 6.78. The van der Waals surface area contributed by atoms with Gasteiger partial charge in [0.2, 0.25) is 0 Å². The molecule has 1 heterocycles. The minimum atomic E-state index is 1.27. The van der Waals surface area contributed by atoms with Gasteiger partial charge in [-0.3, -0.25) is 0 Å². The first-order valence-electron chi connectivity index (χ1n) is 8.24. The molecule has 0 unspecified atom stereocenters. The number of rotatable bonds is 2. The van der Waals surface area contributed by atoms with Gasteiger partial charge >= 0.3 is 28.3 Å². The molecule has 137 valence electrons. The zero-order chi connectivity index (χ0) is 18.7. The number of hydrogen-bond acceptors (Lipinski definition) is 2. The molecule has 0 atom stereocenters. The summed E-state index contributed by atoms with van der Waals surface area (Å²) in [6.45, 7) is 15.2. The van der Waals surface area contributed by atoms with Gasteiger partial charge in [0.05, 0.1) is 0 Å². The normalized spacial score (nSPS) is 13.2. The van der Waals surface area contributed by atoms with Crippen LogP contribution in [0.4, 0.5) is 11.4 Å². The predicted molar refractivity (Wildman–Crippen MR) is 109 cm³/mol. The van der Waals surface area contributed by atoms with Crippen LogP contribution in [-0.4, -0.2) is 0 Å². The van der Waals surface area contributed by atoms with Crippen LogP contribution < -0.4 is 9.80 Å². The van der Waals surface area contributed by atoms with Gasteiger partial charge in [-0.1, -0.05) is 35.4 Å². The van der Waals surface area contributed by atoms with Crippen LogP contribution in [0.5, 0.6) is 0 Å². The van der Waals surface area contributed by atoms with E-state index in [1.54, 1.807) is 0 Å². The molecule has 3 rings (SSSR count). The van der Waals surface area contributed by atoms with Crippen LogP contribution in [0, 0.1) is 48.2 Å². The summed E-state index contributed by atoms with van der Waals surface area (Å²) < 4.78 is 0. The third kappa shape index (κ3) is 4.31. The van der Waals surface area contributed by atoms with Crippen molar-refractivity contribution in [2.75, 3.05) is 9.80 Å². The molecule has 0 aliphatic carbocycles. The van der Waals surface area contributed by atoms with Gasteiger partial charge in [0, 0.05) is 11.4 Å². The van der Waals surface area contributed by atoms with Crippen molar-refractivity contribution in [2.45, 2.75) is 41.5 Å². The zero-order valence-corrected chi connectivity index (χ0v) is 18.1. The second kappa shape index (κ2) is 8.44. The average Bonchev–Trinajstić information content (AvgIpc) is 2.96. The molecule has 2 aromatic carbocycles. The van der Waals surface area contributed by atoms with E-state index in [4.69, 9.17) is 0 Å². The molecular weight excluding hydrogens is 424 g/mol. The number of halogens is 1. The molecule has 0 radical (unpaired) electrons. The van der Waals surface area contributed by atoms with E-state index in [1.165, 1.54) is 44.8 Å². The summed E-state index contributed by atoms with van der Waals surface area (Å²) in [5, 5.41) is 0. The fraction of sp³-hybridized carbons (Fsp3) is 0.286. The molecule has 4 heteroatoms. The van der Waals surface area contributed by atoms with Crippen molar-refractivity contribution in [3.8, 4) is 0 Å². The van der Waals surface area contributed by atoms with Gasteiger partial charge in [0.1, 0.15) is 0 Å². The number of benzene rings is 2. The molecule has 1 aliphatic heterocycles. The Hall–Kier alpha value is -1.22. The van der Waals surface area contributed by atoms with Gasteiger partial charge in [0.25, 0.3) is 0 Å². The van der Waals surface area contributed by atoms with E-state index in [2.05, 4.69) is 123 Å². The Labute approximate surface area is 167 Å². The van der Waals surface area contributed by atoms with Crippen LogP contribution in [0.25, 0.3) is 0 Å². The average molecular weight is 449 g/mol. The van der Waals surface area contributed by atoms with Crippen molar-refractivity contribution in [2.24, 2.45) is 0 Å². The minimum absolute atomic E-state index is 1.27. The van der Waals surface area contributed by atoms with Gasteiger partial charge in [0.15, 0.2) is 0 Å². The molecule has 0 saturated heterocycles. The predicted octanol–water partition coefficient (Wildman–Crippen LogP) is 6.30. The Balaban J connectivity index is 0.00000109. The van der Waals surface area contributed by atoms with Crippen LogP contribution in [-0.2, 0) is 14.2 Å². The maximum absolute atomic E-state index is 4.00. The summed E-state index contributed by atoms with van der Waals surface area (Å²) >= 11 is 6.50. The number of aryl methyl sites for hydroxylation is 6. The first-order chi connectivity index (χ1) is 11.9. The van der Waals surface area contributed by atoms with Crippen molar-refractivity contribution in [1.29, 1.82) is 0 Å². The van der Waals surface area contributed by atoms with Crippen molar-refractivity contribution < 1.29 is 14.2 Å². The van der Waals surface area contributed by atoms with Crippen LogP contribution >= 0.6 is 14.1 Å². The molecule has 25 heavy (non-hydrogen) atoms. The second-order valence-electron chi connectivity index (χ2n) is 6.72. The van der Waals surface area contributed by atoms with E-state index in [9.17, 15) is 0 Å². The van der Waals surface area contributed by atoms with Crippen LogP contribution in [0.15, 0.2) is 36.7 Å². The van der Waals surface area contributed by atoms with E-state index in [0.29, 0.717) is 0 Å². The quantitative estimate of drug-likeness (QED) is 0.393. The first-order valence-corrected chi connectivity index (χ1v) is 10.6. The molecule has 0 bridgehead atoms. The summed E-state index contributed by atoms with van der Waals surface area (Å²) in [7, 11) is 0. The molecule has 0 amide bonds. The SMILES string of the molecule is Cc1cc(C)c(N2C=CN(c3c(C)cc(C)cc3C)[CH-]2)c(C)c1.[Cu+][Br]. The van der Waals surface area contributed by atoms with E-state index in [1.807, 2.05) is 0 Å². The molecule has 0 N–H and O–H groups in total. The number of anilines is 2. The van der Waals surface area contributed by atoms with Crippen molar-refractivity contribution in [3.05, 3.63) is 76.7 Å². The summed E-state index contributed by atoms with van der Waals surface area (Å²) in [6, 6.07) is 8.98.